The van der Waals surface area contributed by atoms with Crippen molar-refractivity contribution in [2.24, 2.45) is 5.73 Å². The molecule has 31 heteroatoms. The minimum absolute atomic E-state index is 0.0537. The third-order valence-electron chi connectivity index (χ3n) is 13.9. The van der Waals surface area contributed by atoms with Crippen LogP contribution < -0.4 is 32.3 Å². The summed E-state index contributed by atoms with van der Waals surface area (Å²) in [5, 5.41) is 21.1. The molecule has 0 saturated carbocycles. The zero-order chi connectivity index (χ0) is 68.5. The van der Waals surface area contributed by atoms with Crippen molar-refractivity contribution >= 4 is 100 Å². The zero-order valence-electron chi connectivity index (χ0n) is 52.1. The van der Waals surface area contributed by atoms with E-state index < -0.39 is 112 Å². The van der Waals surface area contributed by atoms with Gasteiger partial charge in [0.15, 0.2) is 0 Å². The Morgan fingerprint density at radius 2 is 0.806 bits per heavy atom. The predicted molar refractivity (Wildman–Crippen MR) is 321 cm³/mol. The number of nitrogens with one attached hydrogen (secondary N) is 5. The molecule has 500 valence electrons. The van der Waals surface area contributed by atoms with Crippen LogP contribution in [-0.2, 0) is 66.8 Å². The molecule has 3 saturated heterocycles. The van der Waals surface area contributed by atoms with Crippen LogP contribution in [-0.4, -0.2) is 197 Å². The van der Waals surface area contributed by atoms with Crippen molar-refractivity contribution in [2.45, 2.75) is 129 Å². The highest BCUT2D eigenvalue weighted by Gasteiger charge is 2.47. The number of carboxylic acids is 1. The fraction of sp³-hybridized carbons (Fsp3) is 0.468. The van der Waals surface area contributed by atoms with Crippen LogP contribution >= 0.6 is 0 Å². The maximum absolute atomic E-state index is 13.2. The molecule has 93 heavy (non-hydrogen) atoms. The Morgan fingerprint density at radius 1 is 0.484 bits per heavy atom. The highest BCUT2D eigenvalue weighted by Crippen LogP contribution is 2.32. The molecule has 8 N–H and O–H groups in total. The first-order valence-corrected chi connectivity index (χ1v) is 29.7. The Kier molecular flexibility index (Phi) is 25.3. The number of carbonyl (C=O) groups excluding carboxylic acids is 14. The van der Waals surface area contributed by atoms with Gasteiger partial charge in [-0.25, -0.2) is 4.39 Å². The Balaban J connectivity index is 0.000000206. The van der Waals surface area contributed by atoms with Gasteiger partial charge in [-0.1, -0.05) is 0 Å². The molecule has 0 spiro atoms. The molecule has 30 nitrogen and oxygen atoms in total. The summed E-state index contributed by atoms with van der Waals surface area (Å²) in [6, 6.07) is 9.69. The van der Waals surface area contributed by atoms with Gasteiger partial charge in [0.2, 0.25) is 35.4 Å². The number of ether oxygens (including phenoxy) is 5. The molecule has 12 amide bonds. The molecule has 6 heterocycles. The molecular weight excluding hydrogens is 1230 g/mol. The van der Waals surface area contributed by atoms with Gasteiger partial charge in [0, 0.05) is 50.3 Å². The molecule has 0 aromatic heterocycles. The van der Waals surface area contributed by atoms with E-state index in [0.717, 1.165) is 26.8 Å². The predicted octanol–water partition coefficient (Wildman–Crippen LogP) is 2.16. The number of rotatable bonds is 22. The van der Waals surface area contributed by atoms with E-state index >= 15 is 0 Å². The first kappa shape index (κ1) is 72.3. The lowest BCUT2D eigenvalue weighted by Gasteiger charge is -2.27. The standard InChI is InChI=1S/C22H27N3O7.C18H19N3O7.C13H9FN2O4.C9H19NO3/c1-22(2,3)32-18(27)8-10-31-11-9-23-13-4-5-14-15(12-13)21(30)25(20(14)29)16-6-7-17(26)24-19(16)28;22-14-4-3-13(16(25)20-14)21-17(26)11-2-1-10(9-12(11)18(21)27)19-6-8-28-7-5-15(23)24;14-6-1-2-7-8(5-6)13(20)16(12(7)19)9-3-4-10(17)15-11(9)18;1-9(2,3)13-8(11)4-6-12-7-5-10/h4-5,12,16,23H,6-11H2,1-3H3,(H,24,26,28);1-2,9,13,19H,3-8H2,(H,23,24)(H,20,22,25);1-2,5,9H,3-4H2,(H,15,17,18);4-7,10H2,1-3H3. The summed E-state index contributed by atoms with van der Waals surface area (Å²) in [4.78, 5) is 180. The molecular formula is C62H74FN9O21. The van der Waals surface area contributed by atoms with Gasteiger partial charge in [0.05, 0.1) is 92.3 Å². The van der Waals surface area contributed by atoms with E-state index in [1.165, 1.54) is 24.3 Å². The number of amides is 12. The van der Waals surface area contributed by atoms with E-state index in [1.807, 2.05) is 20.8 Å². The van der Waals surface area contributed by atoms with Crippen molar-refractivity contribution in [3.05, 3.63) is 93.8 Å². The maximum Gasteiger partial charge on any atom is 0.308 e. The van der Waals surface area contributed by atoms with Crippen LogP contribution in [0, 0.1) is 5.82 Å². The average Bonchev–Trinajstić information content (AvgIpc) is 1.64. The van der Waals surface area contributed by atoms with Crippen LogP contribution in [0.4, 0.5) is 15.8 Å². The van der Waals surface area contributed by atoms with Gasteiger partial charge in [0.1, 0.15) is 35.1 Å². The lowest BCUT2D eigenvalue weighted by atomic mass is 10.0. The number of imide groups is 6. The summed E-state index contributed by atoms with van der Waals surface area (Å²) < 4.78 is 39.1. The number of carbonyl (C=O) groups is 15. The number of anilines is 2. The van der Waals surface area contributed by atoms with Crippen LogP contribution in [0.2, 0.25) is 0 Å². The number of nitrogens with two attached hydrogens (primary N) is 1. The topological polar surface area (TPSA) is 418 Å². The fourth-order valence-electron chi connectivity index (χ4n) is 9.79. The number of fused-ring (bicyclic) bond motifs is 3. The van der Waals surface area contributed by atoms with Crippen LogP contribution in [0.15, 0.2) is 54.6 Å². The van der Waals surface area contributed by atoms with E-state index in [4.69, 9.17) is 34.5 Å². The molecule has 3 fully saturated rings. The second kappa shape index (κ2) is 32.5. The van der Waals surface area contributed by atoms with Gasteiger partial charge >= 0.3 is 17.9 Å². The van der Waals surface area contributed by atoms with Crippen molar-refractivity contribution in [3.63, 3.8) is 0 Å². The highest BCUT2D eigenvalue weighted by atomic mass is 19.1. The summed E-state index contributed by atoms with van der Waals surface area (Å²) in [6.45, 7) is 14.0. The van der Waals surface area contributed by atoms with Crippen LogP contribution in [0.1, 0.15) is 161 Å². The molecule has 0 aliphatic carbocycles. The summed E-state index contributed by atoms with van der Waals surface area (Å²) in [6.07, 6.45) is 0.864. The molecule has 3 aromatic rings. The minimum atomic E-state index is -1.02. The number of hydrogen-bond acceptors (Lipinski definition) is 23. The molecule has 0 bridgehead atoms. The Labute approximate surface area is 532 Å². The number of benzene rings is 3. The minimum Gasteiger partial charge on any atom is -0.481 e. The first-order valence-electron chi connectivity index (χ1n) is 29.7. The number of carboxylic acid groups (broad SMARTS) is 1. The van der Waals surface area contributed by atoms with Gasteiger partial charge in [-0.3, -0.25) is 103 Å². The second-order valence-electron chi connectivity index (χ2n) is 23.3. The molecule has 9 rings (SSSR count). The Morgan fingerprint density at radius 3 is 1.14 bits per heavy atom. The van der Waals surface area contributed by atoms with Crippen molar-refractivity contribution in [1.29, 1.82) is 0 Å². The molecule has 3 unspecified atom stereocenters. The molecule has 6 aliphatic rings. The first-order chi connectivity index (χ1) is 43.9. The number of piperidine rings is 3. The van der Waals surface area contributed by atoms with E-state index in [2.05, 4.69) is 26.6 Å². The van der Waals surface area contributed by atoms with Crippen molar-refractivity contribution in [1.82, 2.24) is 30.7 Å². The molecule has 3 aromatic carbocycles. The van der Waals surface area contributed by atoms with Crippen LogP contribution in [0.5, 0.6) is 0 Å². The van der Waals surface area contributed by atoms with Gasteiger partial charge in [-0.05, 0) is 115 Å². The fourth-order valence-corrected chi connectivity index (χ4v) is 9.79. The number of esters is 2. The smallest absolute Gasteiger partial charge is 0.308 e. The Hall–Kier alpha value is -9.72. The Bertz CT molecular complexity index is 3450. The van der Waals surface area contributed by atoms with Gasteiger partial charge < -0.3 is 45.2 Å². The van der Waals surface area contributed by atoms with E-state index in [1.54, 1.807) is 39.0 Å². The number of halogens is 1. The highest BCUT2D eigenvalue weighted by molar-refractivity contribution is 6.25. The average molecular weight is 1300 g/mol. The lowest BCUT2D eigenvalue weighted by molar-refractivity contribution is -0.157. The second-order valence-corrected chi connectivity index (χ2v) is 23.3. The monoisotopic (exact) mass is 1300 g/mol. The zero-order valence-corrected chi connectivity index (χ0v) is 52.1. The third-order valence-corrected chi connectivity index (χ3v) is 13.9. The van der Waals surface area contributed by atoms with E-state index in [-0.39, 0.29) is 123 Å². The van der Waals surface area contributed by atoms with Gasteiger partial charge in [0.25, 0.3) is 35.4 Å². The third kappa shape index (κ3) is 20.1. The SMILES string of the molecule is CC(C)(C)OC(=O)CCOCCN.CC(C)(C)OC(=O)CCOCCNc1ccc2c(c1)C(=O)N(C1CCC(=O)NC1=O)C2=O.O=C(O)CCOCCNc1ccc2c(c1)C(=O)N(C1CCC(=O)NC1=O)C2=O.O=C1CCC(N2C(=O)c3ccc(F)cc3C2=O)C(=O)N1. The summed E-state index contributed by atoms with van der Waals surface area (Å²) in [5.41, 5.74) is 6.30. The lowest BCUT2D eigenvalue weighted by Crippen LogP contribution is -2.54. The number of nitrogens with zero attached hydrogens (tertiary/aromatic N) is 3. The van der Waals surface area contributed by atoms with E-state index in [0.29, 0.717) is 50.8 Å². The summed E-state index contributed by atoms with van der Waals surface area (Å²) in [5.74, 6) is -8.95. The maximum atomic E-state index is 13.2. The molecule has 0 radical (unpaired) electrons. The largest absolute Gasteiger partial charge is 0.481 e. The van der Waals surface area contributed by atoms with Crippen molar-refractivity contribution in [2.75, 3.05) is 69.9 Å². The van der Waals surface area contributed by atoms with E-state index in [9.17, 15) is 76.3 Å². The quantitative estimate of drug-likeness (QED) is 0.0430. The van der Waals surface area contributed by atoms with Crippen molar-refractivity contribution in [3.8, 4) is 0 Å². The molecule has 6 aliphatic heterocycles. The normalized spacial score (nSPS) is 18.4. The number of aliphatic carboxylic acids is 1. The number of hydrogen-bond donors (Lipinski definition) is 7. The van der Waals surface area contributed by atoms with Crippen molar-refractivity contribution < 1.29 is 105 Å². The van der Waals surface area contributed by atoms with Gasteiger partial charge in [-0.2, -0.15) is 0 Å². The summed E-state index contributed by atoms with van der Waals surface area (Å²) >= 11 is 0. The summed E-state index contributed by atoms with van der Waals surface area (Å²) in [7, 11) is 0. The van der Waals surface area contributed by atoms with Crippen LogP contribution in [0.25, 0.3) is 0 Å². The molecule has 3 atom stereocenters. The van der Waals surface area contributed by atoms with Gasteiger partial charge in [-0.15, -0.1) is 0 Å². The van der Waals surface area contributed by atoms with Crippen LogP contribution in [0.3, 0.4) is 0 Å².